The second-order valence-electron chi connectivity index (χ2n) is 5.55. The molecule has 3 rings (SSSR count). The third-order valence-electron chi connectivity index (χ3n) is 3.60. The number of nitrogens with zero attached hydrogens (tertiary/aromatic N) is 4. The Labute approximate surface area is 141 Å². The molecule has 1 aromatic heterocycles. The SMILES string of the molecule is CN(C)/C(N)=N\c1nccc(-c2ccc(-c3ccccc3)cc2)n1. The molecule has 0 amide bonds. The molecule has 0 bridgehead atoms. The molecule has 0 atom stereocenters. The molecule has 0 spiro atoms. The molecule has 1 heterocycles. The molecule has 2 aromatic carbocycles. The number of aromatic nitrogens is 2. The van der Waals surface area contributed by atoms with Crippen LogP contribution in [0.25, 0.3) is 22.4 Å². The minimum Gasteiger partial charge on any atom is -0.369 e. The smallest absolute Gasteiger partial charge is 0.253 e. The normalized spacial score (nSPS) is 11.3. The van der Waals surface area contributed by atoms with E-state index in [2.05, 4.69) is 39.2 Å². The van der Waals surface area contributed by atoms with Crippen molar-refractivity contribution in [1.82, 2.24) is 14.9 Å². The van der Waals surface area contributed by atoms with Gasteiger partial charge >= 0.3 is 0 Å². The molecule has 0 fully saturated rings. The van der Waals surface area contributed by atoms with Crippen LogP contribution < -0.4 is 5.73 Å². The van der Waals surface area contributed by atoms with Gasteiger partial charge in [0.2, 0.25) is 0 Å². The van der Waals surface area contributed by atoms with E-state index in [-0.39, 0.29) is 0 Å². The quantitative estimate of drug-likeness (QED) is 0.594. The highest BCUT2D eigenvalue weighted by molar-refractivity contribution is 5.79. The van der Waals surface area contributed by atoms with E-state index in [1.807, 2.05) is 50.5 Å². The highest BCUT2D eigenvalue weighted by Gasteiger charge is 2.04. The first kappa shape index (κ1) is 15.7. The molecule has 5 nitrogen and oxygen atoms in total. The summed E-state index contributed by atoms with van der Waals surface area (Å²) in [5, 5.41) is 0. The van der Waals surface area contributed by atoms with E-state index >= 15 is 0 Å². The van der Waals surface area contributed by atoms with Gasteiger partial charge in [-0.05, 0) is 17.2 Å². The number of guanidine groups is 1. The predicted molar refractivity (Wildman–Crippen MR) is 97.9 cm³/mol. The lowest BCUT2D eigenvalue weighted by atomic mass is 10.0. The molecule has 24 heavy (non-hydrogen) atoms. The largest absolute Gasteiger partial charge is 0.369 e. The first-order valence-corrected chi connectivity index (χ1v) is 7.64. The maximum atomic E-state index is 5.82. The maximum absolute atomic E-state index is 5.82. The van der Waals surface area contributed by atoms with Gasteiger partial charge in [-0.1, -0.05) is 54.6 Å². The second kappa shape index (κ2) is 6.91. The minimum atomic E-state index is 0.353. The molecule has 3 aromatic rings. The molecule has 0 unspecified atom stereocenters. The molecule has 0 aliphatic rings. The summed E-state index contributed by atoms with van der Waals surface area (Å²) in [6.45, 7) is 0. The van der Waals surface area contributed by atoms with Gasteiger partial charge in [0.05, 0.1) is 5.69 Å². The molecule has 0 aliphatic heterocycles. The molecule has 0 saturated heterocycles. The van der Waals surface area contributed by atoms with Gasteiger partial charge in [0, 0.05) is 25.9 Å². The summed E-state index contributed by atoms with van der Waals surface area (Å²) in [7, 11) is 3.65. The lowest BCUT2D eigenvalue weighted by Gasteiger charge is -2.09. The summed E-state index contributed by atoms with van der Waals surface area (Å²) in [4.78, 5) is 14.5. The molecule has 2 N–H and O–H groups in total. The van der Waals surface area contributed by atoms with Crippen LogP contribution in [0, 0.1) is 0 Å². The Balaban J connectivity index is 1.88. The van der Waals surface area contributed by atoms with E-state index in [1.165, 1.54) is 11.1 Å². The lowest BCUT2D eigenvalue weighted by molar-refractivity contribution is 0.614. The summed E-state index contributed by atoms with van der Waals surface area (Å²) in [5.41, 5.74) is 10.0. The minimum absolute atomic E-state index is 0.353. The van der Waals surface area contributed by atoms with Crippen molar-refractivity contribution in [3.63, 3.8) is 0 Å². The van der Waals surface area contributed by atoms with Crippen LogP contribution in [0.4, 0.5) is 5.95 Å². The summed E-state index contributed by atoms with van der Waals surface area (Å²) in [6.07, 6.45) is 1.69. The summed E-state index contributed by atoms with van der Waals surface area (Å²) in [5.74, 6) is 0.720. The number of hydrogen-bond acceptors (Lipinski definition) is 3. The molecule has 5 heteroatoms. The van der Waals surface area contributed by atoms with Crippen LogP contribution in [-0.2, 0) is 0 Å². The Hall–Kier alpha value is -3.21. The second-order valence-corrected chi connectivity index (χ2v) is 5.55. The topological polar surface area (TPSA) is 67.4 Å². The average molecular weight is 317 g/mol. The van der Waals surface area contributed by atoms with Crippen LogP contribution in [-0.4, -0.2) is 34.9 Å². The number of hydrogen-bond donors (Lipinski definition) is 1. The van der Waals surface area contributed by atoms with Crippen molar-refractivity contribution < 1.29 is 0 Å². The Morgan fingerprint density at radius 2 is 1.50 bits per heavy atom. The molecule has 120 valence electrons. The zero-order valence-corrected chi connectivity index (χ0v) is 13.7. The molecule has 0 saturated carbocycles. The predicted octanol–water partition coefficient (Wildman–Crippen LogP) is 3.32. The number of nitrogens with two attached hydrogens (primary N) is 1. The van der Waals surface area contributed by atoms with Crippen LogP contribution in [0.3, 0.4) is 0 Å². The van der Waals surface area contributed by atoms with Crippen molar-refractivity contribution in [2.45, 2.75) is 0 Å². The van der Waals surface area contributed by atoms with Crippen LogP contribution in [0.2, 0.25) is 0 Å². The van der Waals surface area contributed by atoms with Crippen LogP contribution in [0.5, 0.6) is 0 Å². The van der Waals surface area contributed by atoms with Gasteiger partial charge in [-0.3, -0.25) is 0 Å². The molecular formula is C19H19N5. The fourth-order valence-corrected chi connectivity index (χ4v) is 2.23. The number of aliphatic imine (C=N–C) groups is 1. The standard InChI is InChI=1S/C19H19N5/c1-24(2)18(20)23-19-21-13-12-17(22-19)16-10-8-15(9-11-16)14-6-4-3-5-7-14/h3-13H,1-2H3,(H2,20,21,22,23). The monoisotopic (exact) mass is 317 g/mol. The van der Waals surface area contributed by atoms with E-state index in [0.29, 0.717) is 11.9 Å². The van der Waals surface area contributed by atoms with Gasteiger partial charge in [0.25, 0.3) is 5.95 Å². The molecule has 0 aliphatic carbocycles. The fraction of sp³-hybridized carbons (Fsp3) is 0.105. The Morgan fingerprint density at radius 1 is 0.875 bits per heavy atom. The summed E-state index contributed by atoms with van der Waals surface area (Å²) < 4.78 is 0. The van der Waals surface area contributed by atoms with Crippen molar-refractivity contribution in [1.29, 1.82) is 0 Å². The van der Waals surface area contributed by atoms with E-state index in [9.17, 15) is 0 Å². The highest BCUT2D eigenvalue weighted by Crippen LogP contribution is 2.24. The van der Waals surface area contributed by atoms with Gasteiger partial charge in [-0.15, -0.1) is 0 Å². The van der Waals surface area contributed by atoms with Crippen molar-refractivity contribution in [3.8, 4) is 22.4 Å². The average Bonchev–Trinajstić information content (AvgIpc) is 2.63. The van der Waals surface area contributed by atoms with E-state index in [4.69, 9.17) is 5.73 Å². The first-order valence-electron chi connectivity index (χ1n) is 7.64. The Kier molecular flexibility index (Phi) is 4.52. The number of benzene rings is 2. The first-order chi connectivity index (χ1) is 11.6. The lowest BCUT2D eigenvalue weighted by Crippen LogP contribution is -2.29. The van der Waals surface area contributed by atoms with E-state index in [1.54, 1.807) is 11.1 Å². The maximum Gasteiger partial charge on any atom is 0.253 e. The Bertz CT molecular complexity index is 839. The van der Waals surface area contributed by atoms with E-state index < -0.39 is 0 Å². The molecular weight excluding hydrogens is 298 g/mol. The van der Waals surface area contributed by atoms with Crippen LogP contribution in [0.15, 0.2) is 71.9 Å². The van der Waals surface area contributed by atoms with Crippen molar-refractivity contribution in [3.05, 3.63) is 66.9 Å². The highest BCUT2D eigenvalue weighted by atomic mass is 15.2. The third-order valence-corrected chi connectivity index (χ3v) is 3.60. The van der Waals surface area contributed by atoms with Crippen molar-refractivity contribution in [2.75, 3.05) is 14.1 Å². The van der Waals surface area contributed by atoms with Crippen molar-refractivity contribution >= 4 is 11.9 Å². The zero-order valence-electron chi connectivity index (χ0n) is 13.7. The van der Waals surface area contributed by atoms with Gasteiger partial charge in [-0.2, -0.15) is 4.99 Å². The zero-order chi connectivity index (χ0) is 16.9. The third kappa shape index (κ3) is 3.57. The fourth-order valence-electron chi connectivity index (χ4n) is 2.23. The van der Waals surface area contributed by atoms with Gasteiger partial charge < -0.3 is 10.6 Å². The van der Waals surface area contributed by atoms with Crippen LogP contribution >= 0.6 is 0 Å². The van der Waals surface area contributed by atoms with Crippen molar-refractivity contribution in [2.24, 2.45) is 10.7 Å². The summed E-state index contributed by atoms with van der Waals surface area (Å²) >= 11 is 0. The van der Waals surface area contributed by atoms with E-state index in [0.717, 1.165) is 11.3 Å². The molecule has 0 radical (unpaired) electrons. The number of rotatable bonds is 3. The Morgan fingerprint density at radius 3 is 2.17 bits per heavy atom. The van der Waals surface area contributed by atoms with Gasteiger partial charge in [0.1, 0.15) is 0 Å². The van der Waals surface area contributed by atoms with Crippen LogP contribution in [0.1, 0.15) is 0 Å². The van der Waals surface area contributed by atoms with Gasteiger partial charge in [-0.25, -0.2) is 9.97 Å². The summed E-state index contributed by atoms with van der Waals surface area (Å²) in [6, 6.07) is 20.4. The van der Waals surface area contributed by atoms with Gasteiger partial charge in [0.15, 0.2) is 5.96 Å².